The molecule has 0 aliphatic rings. The number of anilines is 1. The Balaban J connectivity index is 3.17. The predicted molar refractivity (Wildman–Crippen MR) is 53.8 cm³/mol. The smallest absolute Gasteiger partial charge is 0.385 e. The maximum absolute atomic E-state index is 12.5. The van der Waals surface area contributed by atoms with Crippen LogP contribution in [-0.4, -0.2) is 27.2 Å². The molecule has 1 rings (SSSR count). The molecular weight excluding hydrogens is 255 g/mol. The van der Waals surface area contributed by atoms with Crippen molar-refractivity contribution < 1.29 is 28.2 Å². The summed E-state index contributed by atoms with van der Waals surface area (Å²) >= 11 is 0. The molecule has 2 atom stereocenters. The molecule has 1 amide bonds. The molecule has 0 aliphatic heterocycles. The number of carbonyl (C=O) groups excluding carboxylic acids is 1. The number of hydrogen-bond acceptors (Lipinski definition) is 5. The maximum atomic E-state index is 12.5. The summed E-state index contributed by atoms with van der Waals surface area (Å²) in [6.45, 7) is 0. The highest BCUT2D eigenvalue weighted by molar-refractivity contribution is 5.79. The van der Waals surface area contributed by atoms with Crippen molar-refractivity contribution in [2.75, 3.05) is 5.73 Å². The Morgan fingerprint density at radius 2 is 1.94 bits per heavy atom. The van der Waals surface area contributed by atoms with Gasteiger partial charge in [0, 0.05) is 11.8 Å². The van der Waals surface area contributed by atoms with Crippen molar-refractivity contribution in [3.8, 4) is 0 Å². The van der Waals surface area contributed by atoms with Crippen LogP contribution in [0.15, 0.2) is 12.3 Å². The average molecular weight is 265 g/mol. The van der Waals surface area contributed by atoms with Gasteiger partial charge in [-0.2, -0.15) is 13.2 Å². The molecule has 1 heterocycles. The highest BCUT2D eigenvalue weighted by atomic mass is 19.4. The highest BCUT2D eigenvalue weighted by Crippen LogP contribution is 2.34. The number of aliphatic hydroxyl groups excluding tert-OH is 2. The lowest BCUT2D eigenvalue weighted by Gasteiger charge is -2.17. The van der Waals surface area contributed by atoms with Crippen LogP contribution in [0.3, 0.4) is 0 Å². The van der Waals surface area contributed by atoms with Crippen molar-refractivity contribution in [1.82, 2.24) is 4.98 Å². The van der Waals surface area contributed by atoms with Crippen LogP contribution in [-0.2, 0) is 11.0 Å². The monoisotopic (exact) mass is 265 g/mol. The van der Waals surface area contributed by atoms with Crippen LogP contribution in [0.5, 0.6) is 0 Å². The van der Waals surface area contributed by atoms with Gasteiger partial charge in [-0.25, -0.2) is 4.98 Å². The number of rotatable bonds is 3. The number of carbonyl (C=O) groups is 1. The largest absolute Gasteiger partial charge is 0.419 e. The van der Waals surface area contributed by atoms with E-state index in [0.717, 1.165) is 6.20 Å². The van der Waals surface area contributed by atoms with Crippen LogP contribution in [0.4, 0.5) is 19.0 Å². The van der Waals surface area contributed by atoms with Gasteiger partial charge in [-0.15, -0.1) is 0 Å². The fraction of sp³-hybridized carbons (Fsp3) is 0.333. The van der Waals surface area contributed by atoms with E-state index in [9.17, 15) is 23.1 Å². The van der Waals surface area contributed by atoms with Gasteiger partial charge in [0.05, 0.1) is 5.56 Å². The number of nitrogen functional groups attached to an aromatic ring is 1. The molecule has 0 aliphatic carbocycles. The van der Waals surface area contributed by atoms with Gasteiger partial charge in [0.2, 0.25) is 5.91 Å². The van der Waals surface area contributed by atoms with E-state index in [1.165, 1.54) is 0 Å². The summed E-state index contributed by atoms with van der Waals surface area (Å²) in [5, 5.41) is 18.6. The van der Waals surface area contributed by atoms with Crippen molar-refractivity contribution in [2.24, 2.45) is 5.73 Å². The summed E-state index contributed by atoms with van der Waals surface area (Å²) in [5.74, 6) is -2.04. The third-order valence-electron chi connectivity index (χ3n) is 2.18. The average Bonchev–Trinajstić information content (AvgIpc) is 2.26. The third kappa shape index (κ3) is 2.87. The number of aliphatic hydroxyl groups is 2. The molecule has 0 spiro atoms. The minimum Gasteiger partial charge on any atom is -0.385 e. The van der Waals surface area contributed by atoms with Crippen molar-refractivity contribution in [3.63, 3.8) is 0 Å². The zero-order valence-electron chi connectivity index (χ0n) is 8.85. The van der Waals surface area contributed by atoms with E-state index in [-0.39, 0.29) is 0 Å². The van der Waals surface area contributed by atoms with E-state index in [2.05, 4.69) is 4.98 Å². The molecular formula is C9H10F3N3O3. The summed E-state index contributed by atoms with van der Waals surface area (Å²) in [5.41, 5.74) is 8.07. The van der Waals surface area contributed by atoms with Gasteiger partial charge in [0.1, 0.15) is 11.9 Å². The Morgan fingerprint density at radius 3 is 2.39 bits per heavy atom. The second kappa shape index (κ2) is 4.78. The Morgan fingerprint density at radius 1 is 1.39 bits per heavy atom. The van der Waals surface area contributed by atoms with Gasteiger partial charge >= 0.3 is 6.18 Å². The number of nitrogens with two attached hydrogens (primary N) is 2. The first-order valence-corrected chi connectivity index (χ1v) is 4.62. The van der Waals surface area contributed by atoms with E-state index >= 15 is 0 Å². The lowest BCUT2D eigenvalue weighted by atomic mass is 10.0. The molecule has 100 valence electrons. The van der Waals surface area contributed by atoms with Crippen LogP contribution in [0.1, 0.15) is 17.2 Å². The van der Waals surface area contributed by atoms with E-state index in [4.69, 9.17) is 16.6 Å². The number of pyridine rings is 1. The molecule has 0 radical (unpaired) electrons. The molecule has 1 aromatic heterocycles. The van der Waals surface area contributed by atoms with Gasteiger partial charge < -0.3 is 21.7 Å². The molecule has 2 unspecified atom stereocenters. The molecule has 0 saturated carbocycles. The fourth-order valence-electron chi connectivity index (χ4n) is 1.22. The number of nitrogens with zero attached hydrogens (tertiary/aromatic N) is 1. The third-order valence-corrected chi connectivity index (χ3v) is 2.18. The summed E-state index contributed by atoms with van der Waals surface area (Å²) in [7, 11) is 0. The second-order valence-electron chi connectivity index (χ2n) is 3.49. The molecule has 0 fully saturated rings. The SMILES string of the molecule is NC(=O)C(O)C(O)c1cnc(N)c(C(F)(F)F)c1. The Hall–Kier alpha value is -1.87. The molecule has 0 saturated heterocycles. The minimum absolute atomic E-state index is 0.414. The fourth-order valence-corrected chi connectivity index (χ4v) is 1.22. The second-order valence-corrected chi connectivity index (χ2v) is 3.49. The van der Waals surface area contributed by atoms with Crippen molar-refractivity contribution in [2.45, 2.75) is 18.4 Å². The molecule has 6 N–H and O–H groups in total. The van der Waals surface area contributed by atoms with E-state index < -0.39 is 41.2 Å². The van der Waals surface area contributed by atoms with E-state index in [1.807, 2.05) is 0 Å². The summed E-state index contributed by atoms with van der Waals surface area (Å²) in [6.07, 6.45) is -7.88. The zero-order chi connectivity index (χ0) is 14.1. The topological polar surface area (TPSA) is 122 Å². The first-order valence-electron chi connectivity index (χ1n) is 4.62. The van der Waals surface area contributed by atoms with Gasteiger partial charge in [-0.1, -0.05) is 0 Å². The normalized spacial score (nSPS) is 15.2. The zero-order valence-corrected chi connectivity index (χ0v) is 8.85. The number of primary amides is 1. The number of hydrogen-bond donors (Lipinski definition) is 4. The van der Waals surface area contributed by atoms with Crippen molar-refractivity contribution >= 4 is 11.7 Å². The van der Waals surface area contributed by atoms with Crippen LogP contribution in [0.25, 0.3) is 0 Å². The molecule has 1 aromatic rings. The summed E-state index contributed by atoms with van der Waals surface area (Å²) < 4.78 is 37.5. The van der Waals surface area contributed by atoms with Gasteiger partial charge in [0.25, 0.3) is 0 Å². The number of amides is 1. The standard InChI is InChI=1S/C9H10F3N3O3/c10-9(11,12)4-1-3(2-15-7(4)13)5(16)6(17)8(14)18/h1-2,5-6,16-17H,(H2,13,15)(H2,14,18). The molecule has 6 nitrogen and oxygen atoms in total. The number of halogens is 3. The van der Waals surface area contributed by atoms with E-state index in [0.29, 0.717) is 6.07 Å². The Bertz CT molecular complexity index is 464. The van der Waals surface area contributed by atoms with Gasteiger partial charge in [-0.3, -0.25) is 4.79 Å². The first kappa shape index (κ1) is 14.2. The first-order chi connectivity index (χ1) is 8.14. The molecule has 9 heteroatoms. The quantitative estimate of drug-likeness (QED) is 0.590. The molecule has 0 aromatic carbocycles. The maximum Gasteiger partial charge on any atom is 0.419 e. The highest BCUT2D eigenvalue weighted by Gasteiger charge is 2.35. The predicted octanol–water partition coefficient (Wildman–Crippen LogP) is -0.438. The minimum atomic E-state index is -4.76. The van der Waals surface area contributed by atoms with Crippen LogP contribution < -0.4 is 11.5 Å². The molecule has 0 bridgehead atoms. The van der Waals surface area contributed by atoms with Gasteiger partial charge in [0.15, 0.2) is 6.10 Å². The van der Waals surface area contributed by atoms with Crippen molar-refractivity contribution in [1.29, 1.82) is 0 Å². The summed E-state index contributed by atoms with van der Waals surface area (Å²) in [4.78, 5) is 13.9. The van der Waals surface area contributed by atoms with Crippen LogP contribution >= 0.6 is 0 Å². The Labute approximate surface area is 99.0 Å². The lowest BCUT2D eigenvalue weighted by molar-refractivity contribution is -0.137. The number of alkyl halides is 3. The molecule has 18 heavy (non-hydrogen) atoms. The van der Waals surface area contributed by atoms with E-state index in [1.54, 1.807) is 0 Å². The lowest BCUT2D eigenvalue weighted by Crippen LogP contribution is -2.34. The summed E-state index contributed by atoms with van der Waals surface area (Å²) in [6, 6.07) is 0.499. The van der Waals surface area contributed by atoms with Gasteiger partial charge in [-0.05, 0) is 6.07 Å². The van der Waals surface area contributed by atoms with Crippen molar-refractivity contribution in [3.05, 3.63) is 23.4 Å². The number of aromatic nitrogens is 1. The van der Waals surface area contributed by atoms with Crippen LogP contribution in [0, 0.1) is 0 Å². The van der Waals surface area contributed by atoms with Crippen LogP contribution in [0.2, 0.25) is 0 Å². The Kier molecular flexibility index (Phi) is 3.77.